The zero-order chi connectivity index (χ0) is 12.3. The molecule has 96 valence electrons. The minimum absolute atomic E-state index is 0.0643. The summed E-state index contributed by atoms with van der Waals surface area (Å²) in [6.45, 7) is 2.91. The van der Waals surface area contributed by atoms with Gasteiger partial charge in [0, 0.05) is 6.42 Å². The molecule has 0 bridgehead atoms. The Labute approximate surface area is 102 Å². The summed E-state index contributed by atoms with van der Waals surface area (Å²) < 4.78 is 4.78. The van der Waals surface area contributed by atoms with Crippen molar-refractivity contribution in [1.29, 1.82) is 0 Å². The van der Waals surface area contributed by atoms with Crippen LogP contribution in [0.4, 0.5) is 4.79 Å². The number of ether oxygens (including phenoxy) is 1. The summed E-state index contributed by atoms with van der Waals surface area (Å²) >= 11 is 0. The van der Waals surface area contributed by atoms with Crippen LogP contribution >= 0.6 is 0 Å². The van der Waals surface area contributed by atoms with Crippen LogP contribution in [-0.4, -0.2) is 30.1 Å². The van der Waals surface area contributed by atoms with Crippen molar-refractivity contribution in [1.82, 2.24) is 4.90 Å². The van der Waals surface area contributed by atoms with Crippen LogP contribution in [0.1, 0.15) is 45.4 Å². The van der Waals surface area contributed by atoms with E-state index in [0.717, 1.165) is 0 Å². The lowest BCUT2D eigenvalue weighted by Gasteiger charge is -2.27. The predicted octanol–water partition coefficient (Wildman–Crippen LogP) is 2.57. The fourth-order valence-electron chi connectivity index (χ4n) is 2.88. The van der Waals surface area contributed by atoms with Crippen LogP contribution in [0, 0.1) is 11.8 Å². The molecule has 2 fully saturated rings. The first-order valence-electron chi connectivity index (χ1n) is 6.65. The van der Waals surface area contributed by atoms with Crippen molar-refractivity contribution in [3.8, 4) is 0 Å². The second kappa shape index (κ2) is 5.52. The van der Waals surface area contributed by atoms with Crippen LogP contribution in [0.5, 0.6) is 0 Å². The normalized spacial score (nSPS) is 23.6. The molecule has 1 saturated heterocycles. The summed E-state index contributed by atoms with van der Waals surface area (Å²) in [6.07, 6.45) is 6.39. The third-order valence-electron chi connectivity index (χ3n) is 4.01. The van der Waals surface area contributed by atoms with Crippen LogP contribution in [0.3, 0.4) is 0 Å². The van der Waals surface area contributed by atoms with Crippen molar-refractivity contribution in [2.75, 3.05) is 13.2 Å². The van der Waals surface area contributed by atoms with Gasteiger partial charge in [0.2, 0.25) is 5.91 Å². The summed E-state index contributed by atoms with van der Waals surface area (Å²) in [7, 11) is 0. The van der Waals surface area contributed by atoms with E-state index in [1.165, 1.54) is 37.0 Å². The quantitative estimate of drug-likeness (QED) is 0.760. The Morgan fingerprint density at radius 1 is 1.41 bits per heavy atom. The Morgan fingerprint density at radius 3 is 2.71 bits per heavy atom. The van der Waals surface area contributed by atoms with E-state index in [0.29, 0.717) is 31.4 Å². The van der Waals surface area contributed by atoms with E-state index < -0.39 is 6.09 Å². The van der Waals surface area contributed by atoms with Crippen molar-refractivity contribution in [2.45, 2.75) is 45.4 Å². The number of carbonyl (C=O) groups excluding carboxylic acids is 2. The van der Waals surface area contributed by atoms with Gasteiger partial charge >= 0.3 is 6.09 Å². The van der Waals surface area contributed by atoms with Gasteiger partial charge in [-0.05, 0) is 11.8 Å². The van der Waals surface area contributed by atoms with Crippen LogP contribution in [-0.2, 0) is 9.53 Å². The molecule has 4 heteroatoms. The number of nitrogens with zero attached hydrogens (tertiary/aromatic N) is 1. The van der Waals surface area contributed by atoms with Gasteiger partial charge in [-0.15, -0.1) is 0 Å². The third-order valence-corrected chi connectivity index (χ3v) is 4.01. The topological polar surface area (TPSA) is 46.6 Å². The van der Waals surface area contributed by atoms with Gasteiger partial charge in [-0.3, -0.25) is 4.79 Å². The van der Waals surface area contributed by atoms with Gasteiger partial charge in [-0.2, -0.15) is 0 Å². The largest absolute Gasteiger partial charge is 0.447 e. The van der Waals surface area contributed by atoms with Gasteiger partial charge in [0.15, 0.2) is 0 Å². The predicted molar refractivity (Wildman–Crippen MR) is 63.4 cm³/mol. The maximum absolute atomic E-state index is 11.9. The van der Waals surface area contributed by atoms with Crippen LogP contribution in [0.25, 0.3) is 0 Å². The summed E-state index contributed by atoms with van der Waals surface area (Å²) in [5.74, 6) is 0.980. The third kappa shape index (κ3) is 2.99. The molecule has 1 heterocycles. The molecule has 1 saturated carbocycles. The SMILES string of the molecule is CC(CC(=O)N1CCOC1=O)C1CCCCC1. The van der Waals surface area contributed by atoms with Crippen molar-refractivity contribution in [3.05, 3.63) is 0 Å². The van der Waals surface area contributed by atoms with Crippen LogP contribution in [0.2, 0.25) is 0 Å². The molecular weight excluding hydrogens is 218 g/mol. The Bertz CT molecular complexity index is 297. The number of rotatable bonds is 3. The molecule has 0 aromatic heterocycles. The molecule has 1 aliphatic carbocycles. The number of hydrogen-bond acceptors (Lipinski definition) is 3. The number of hydrogen-bond donors (Lipinski definition) is 0. The van der Waals surface area contributed by atoms with Crippen molar-refractivity contribution >= 4 is 12.0 Å². The maximum atomic E-state index is 11.9. The first-order valence-corrected chi connectivity index (χ1v) is 6.65. The van der Waals surface area contributed by atoms with E-state index in [1.54, 1.807) is 0 Å². The molecule has 0 spiro atoms. The lowest BCUT2D eigenvalue weighted by molar-refractivity contribution is -0.129. The molecule has 0 N–H and O–H groups in total. The zero-order valence-electron chi connectivity index (χ0n) is 10.5. The minimum atomic E-state index is -0.467. The number of carbonyl (C=O) groups is 2. The zero-order valence-corrected chi connectivity index (χ0v) is 10.5. The Morgan fingerprint density at radius 2 is 2.12 bits per heavy atom. The van der Waals surface area contributed by atoms with Gasteiger partial charge in [-0.25, -0.2) is 9.69 Å². The fraction of sp³-hybridized carbons (Fsp3) is 0.846. The first kappa shape index (κ1) is 12.4. The van der Waals surface area contributed by atoms with Crippen molar-refractivity contribution < 1.29 is 14.3 Å². The van der Waals surface area contributed by atoms with E-state index >= 15 is 0 Å². The molecule has 0 radical (unpaired) electrons. The standard InChI is InChI=1S/C13H21NO3/c1-10(11-5-3-2-4-6-11)9-12(15)14-7-8-17-13(14)16/h10-11H,2-9H2,1H3. The molecular formula is C13H21NO3. The lowest BCUT2D eigenvalue weighted by atomic mass is 9.79. The van der Waals surface area contributed by atoms with Gasteiger partial charge in [0.1, 0.15) is 6.61 Å². The average molecular weight is 239 g/mol. The van der Waals surface area contributed by atoms with Crippen LogP contribution < -0.4 is 0 Å². The van der Waals surface area contributed by atoms with Crippen molar-refractivity contribution in [2.24, 2.45) is 11.8 Å². The lowest BCUT2D eigenvalue weighted by Crippen LogP contribution is -2.33. The average Bonchev–Trinajstić information content (AvgIpc) is 2.76. The Hall–Kier alpha value is -1.06. The van der Waals surface area contributed by atoms with Gasteiger partial charge < -0.3 is 4.74 Å². The minimum Gasteiger partial charge on any atom is -0.447 e. The van der Waals surface area contributed by atoms with E-state index in [-0.39, 0.29) is 5.91 Å². The molecule has 1 unspecified atom stereocenters. The molecule has 1 aliphatic heterocycles. The first-order chi connectivity index (χ1) is 8.18. The Balaban J connectivity index is 1.82. The summed E-state index contributed by atoms with van der Waals surface area (Å²) in [4.78, 5) is 24.4. The highest BCUT2D eigenvalue weighted by Crippen LogP contribution is 2.31. The molecule has 2 rings (SSSR count). The van der Waals surface area contributed by atoms with Crippen molar-refractivity contribution in [3.63, 3.8) is 0 Å². The van der Waals surface area contributed by atoms with E-state index in [4.69, 9.17) is 4.74 Å². The van der Waals surface area contributed by atoms with E-state index in [1.807, 2.05) is 0 Å². The molecule has 2 aliphatic rings. The van der Waals surface area contributed by atoms with Gasteiger partial charge in [0.05, 0.1) is 6.54 Å². The summed E-state index contributed by atoms with van der Waals surface area (Å²) in [5, 5.41) is 0. The smallest absolute Gasteiger partial charge is 0.416 e. The van der Waals surface area contributed by atoms with E-state index in [9.17, 15) is 9.59 Å². The summed E-state index contributed by atoms with van der Waals surface area (Å²) in [6, 6.07) is 0. The second-order valence-electron chi connectivity index (χ2n) is 5.24. The highest BCUT2D eigenvalue weighted by Gasteiger charge is 2.31. The fourth-order valence-corrected chi connectivity index (χ4v) is 2.88. The molecule has 0 aromatic rings. The van der Waals surface area contributed by atoms with Gasteiger partial charge in [0.25, 0.3) is 0 Å². The molecule has 17 heavy (non-hydrogen) atoms. The molecule has 4 nitrogen and oxygen atoms in total. The number of imide groups is 1. The van der Waals surface area contributed by atoms with Crippen LogP contribution in [0.15, 0.2) is 0 Å². The molecule has 1 atom stereocenters. The number of amides is 2. The van der Waals surface area contributed by atoms with E-state index in [2.05, 4.69) is 6.92 Å². The second-order valence-corrected chi connectivity index (χ2v) is 5.24. The summed E-state index contributed by atoms with van der Waals surface area (Å²) in [5.41, 5.74) is 0. The number of cyclic esters (lactones) is 1. The highest BCUT2D eigenvalue weighted by molar-refractivity contribution is 5.93. The Kier molecular flexibility index (Phi) is 4.02. The van der Waals surface area contributed by atoms with Gasteiger partial charge in [-0.1, -0.05) is 39.0 Å². The molecule has 0 aromatic carbocycles. The maximum Gasteiger partial charge on any atom is 0.416 e. The monoisotopic (exact) mass is 239 g/mol. The highest BCUT2D eigenvalue weighted by atomic mass is 16.6. The molecule has 2 amide bonds.